The minimum atomic E-state index is -4.61. The molecule has 1 aromatic heterocycles. The predicted octanol–water partition coefficient (Wildman–Crippen LogP) is 3.66. The van der Waals surface area contributed by atoms with Gasteiger partial charge < -0.3 is 16.0 Å². The van der Waals surface area contributed by atoms with Crippen molar-refractivity contribution in [3.8, 4) is 17.5 Å². The Balaban J connectivity index is 1.69. The fourth-order valence-corrected chi connectivity index (χ4v) is 4.24. The monoisotopic (exact) mass is 478 g/mol. The van der Waals surface area contributed by atoms with Crippen LogP contribution in [0.1, 0.15) is 36.8 Å². The van der Waals surface area contributed by atoms with Crippen LogP contribution in [0.25, 0.3) is 11.4 Å². The van der Waals surface area contributed by atoms with Gasteiger partial charge in [0.15, 0.2) is 5.82 Å². The smallest absolute Gasteiger partial charge is 0.352 e. The SMILES string of the molecule is N#CC1(C(=O)NCc2cnc(-c3ccc(Cl)c(C(F)(F)F)c3)nc2N2CCC[C@@H]2CN)CC1. The van der Waals surface area contributed by atoms with Gasteiger partial charge >= 0.3 is 6.18 Å². The second kappa shape index (κ2) is 8.80. The van der Waals surface area contributed by atoms with Gasteiger partial charge in [0.25, 0.3) is 0 Å². The van der Waals surface area contributed by atoms with E-state index < -0.39 is 22.2 Å². The van der Waals surface area contributed by atoms with Crippen LogP contribution in [0.4, 0.5) is 19.0 Å². The Morgan fingerprint density at radius 1 is 1.39 bits per heavy atom. The second-order valence-corrected chi connectivity index (χ2v) is 8.74. The lowest BCUT2D eigenvalue weighted by atomic mass is 10.1. The van der Waals surface area contributed by atoms with Crippen LogP contribution in [0.3, 0.4) is 0 Å². The van der Waals surface area contributed by atoms with Crippen LogP contribution < -0.4 is 16.0 Å². The zero-order chi connectivity index (χ0) is 23.8. The number of benzene rings is 1. The van der Waals surface area contributed by atoms with E-state index in [0.29, 0.717) is 37.3 Å². The molecule has 1 saturated heterocycles. The fourth-order valence-electron chi connectivity index (χ4n) is 4.01. The van der Waals surface area contributed by atoms with Gasteiger partial charge in [-0.25, -0.2) is 9.97 Å². The van der Waals surface area contributed by atoms with Gasteiger partial charge in [0.1, 0.15) is 11.2 Å². The van der Waals surface area contributed by atoms with Gasteiger partial charge in [-0.05, 0) is 43.9 Å². The van der Waals surface area contributed by atoms with Crippen molar-refractivity contribution in [3.05, 3.63) is 40.5 Å². The summed E-state index contributed by atoms with van der Waals surface area (Å²) in [6.45, 7) is 1.16. The standard InChI is InChI=1S/C22H22ClF3N6O/c23-17-4-3-13(8-16(17)22(24,25)26)18-29-10-14(11-30-20(33)21(12-28)5-6-21)19(31-18)32-7-1-2-15(32)9-27/h3-4,8,10,15H,1-2,5-7,9,11,27H2,(H,30,33)/t15-/m1/s1. The number of anilines is 1. The molecule has 2 aliphatic rings. The van der Waals surface area contributed by atoms with Gasteiger partial charge in [-0.15, -0.1) is 0 Å². The minimum absolute atomic E-state index is 0.0204. The van der Waals surface area contributed by atoms with E-state index in [1.165, 1.54) is 18.3 Å². The summed E-state index contributed by atoms with van der Waals surface area (Å²) >= 11 is 5.74. The number of nitrogens with zero attached hydrogens (tertiary/aromatic N) is 4. The number of aromatic nitrogens is 2. The predicted molar refractivity (Wildman–Crippen MR) is 116 cm³/mol. The zero-order valence-electron chi connectivity index (χ0n) is 17.6. The van der Waals surface area contributed by atoms with Crippen molar-refractivity contribution >= 4 is 23.3 Å². The Bertz CT molecular complexity index is 1110. The summed E-state index contributed by atoms with van der Waals surface area (Å²) in [5.41, 5.74) is 4.77. The van der Waals surface area contributed by atoms with Crippen molar-refractivity contribution in [2.24, 2.45) is 11.1 Å². The van der Waals surface area contributed by atoms with Crippen molar-refractivity contribution < 1.29 is 18.0 Å². The highest BCUT2D eigenvalue weighted by atomic mass is 35.5. The van der Waals surface area contributed by atoms with Crippen LogP contribution in [0.2, 0.25) is 5.02 Å². The molecular formula is C22H22ClF3N6O. The van der Waals surface area contributed by atoms with Crippen molar-refractivity contribution in [1.29, 1.82) is 5.26 Å². The first-order valence-electron chi connectivity index (χ1n) is 10.6. The molecule has 11 heteroatoms. The summed E-state index contributed by atoms with van der Waals surface area (Å²) in [5, 5.41) is 11.6. The van der Waals surface area contributed by atoms with Crippen LogP contribution in [-0.4, -0.2) is 35.0 Å². The fraction of sp³-hybridized carbons (Fsp3) is 0.455. The van der Waals surface area contributed by atoms with Gasteiger partial charge in [-0.3, -0.25) is 4.79 Å². The number of nitriles is 1. The molecule has 1 aliphatic carbocycles. The van der Waals surface area contributed by atoms with E-state index in [9.17, 15) is 23.2 Å². The maximum absolute atomic E-state index is 13.3. The number of hydrogen-bond donors (Lipinski definition) is 2. The lowest BCUT2D eigenvalue weighted by molar-refractivity contribution is -0.137. The first-order chi connectivity index (χ1) is 15.7. The normalized spacial score (nSPS) is 19.3. The Morgan fingerprint density at radius 2 is 2.15 bits per heavy atom. The third-order valence-electron chi connectivity index (χ3n) is 6.13. The molecule has 1 aromatic carbocycles. The summed E-state index contributed by atoms with van der Waals surface area (Å²) in [7, 11) is 0. The summed E-state index contributed by atoms with van der Waals surface area (Å²) in [6, 6.07) is 5.61. The van der Waals surface area contributed by atoms with E-state index in [-0.39, 0.29) is 29.9 Å². The molecule has 1 amide bonds. The van der Waals surface area contributed by atoms with E-state index in [4.69, 9.17) is 17.3 Å². The van der Waals surface area contributed by atoms with Crippen LogP contribution in [0.5, 0.6) is 0 Å². The number of nitrogens with two attached hydrogens (primary N) is 1. The van der Waals surface area contributed by atoms with Crippen LogP contribution in [0.15, 0.2) is 24.4 Å². The van der Waals surface area contributed by atoms with Crippen molar-refractivity contribution in [1.82, 2.24) is 15.3 Å². The number of hydrogen-bond acceptors (Lipinski definition) is 6. The van der Waals surface area contributed by atoms with Crippen LogP contribution in [-0.2, 0) is 17.5 Å². The topological polar surface area (TPSA) is 108 Å². The summed E-state index contributed by atoms with van der Waals surface area (Å²) in [6.07, 6.45) is -0.312. The highest BCUT2D eigenvalue weighted by Gasteiger charge is 2.50. The minimum Gasteiger partial charge on any atom is -0.352 e. The summed E-state index contributed by atoms with van der Waals surface area (Å²) in [4.78, 5) is 23.3. The van der Waals surface area contributed by atoms with Gasteiger partial charge in [-0.1, -0.05) is 11.6 Å². The maximum atomic E-state index is 13.3. The van der Waals surface area contributed by atoms with Crippen molar-refractivity contribution in [2.75, 3.05) is 18.0 Å². The average Bonchev–Trinajstić information content (AvgIpc) is 3.46. The molecule has 1 atom stereocenters. The average molecular weight is 479 g/mol. The second-order valence-electron chi connectivity index (χ2n) is 8.34. The Labute approximate surface area is 193 Å². The number of halogens is 4. The molecule has 0 radical (unpaired) electrons. The van der Waals surface area contributed by atoms with Crippen molar-refractivity contribution in [3.63, 3.8) is 0 Å². The van der Waals surface area contributed by atoms with Crippen molar-refractivity contribution in [2.45, 2.75) is 44.4 Å². The molecule has 4 rings (SSSR count). The first kappa shape index (κ1) is 23.3. The molecule has 174 valence electrons. The molecule has 7 nitrogen and oxygen atoms in total. The number of carbonyl (C=O) groups excluding carboxylic acids is 1. The quantitative estimate of drug-likeness (QED) is 0.656. The van der Waals surface area contributed by atoms with E-state index in [2.05, 4.69) is 21.4 Å². The van der Waals surface area contributed by atoms with Gasteiger partial charge in [0.2, 0.25) is 5.91 Å². The molecule has 2 heterocycles. The molecule has 0 spiro atoms. The third-order valence-corrected chi connectivity index (χ3v) is 6.46. The number of alkyl halides is 3. The van der Waals surface area contributed by atoms with E-state index in [1.807, 2.05) is 4.90 Å². The number of carbonyl (C=O) groups is 1. The maximum Gasteiger partial charge on any atom is 0.417 e. The molecule has 2 aromatic rings. The van der Waals surface area contributed by atoms with Gasteiger partial charge in [-0.2, -0.15) is 18.4 Å². The number of rotatable bonds is 6. The van der Waals surface area contributed by atoms with Crippen LogP contribution in [0, 0.1) is 16.7 Å². The highest BCUT2D eigenvalue weighted by Crippen LogP contribution is 2.45. The molecule has 3 N–H and O–H groups in total. The largest absolute Gasteiger partial charge is 0.417 e. The van der Waals surface area contributed by atoms with Gasteiger partial charge in [0.05, 0.1) is 16.7 Å². The number of nitrogens with one attached hydrogen (secondary N) is 1. The first-order valence-corrected chi connectivity index (χ1v) is 11.0. The van der Waals surface area contributed by atoms with Gasteiger partial charge in [0, 0.05) is 43.0 Å². The Kier molecular flexibility index (Phi) is 6.20. The number of amides is 1. The Morgan fingerprint density at radius 3 is 2.79 bits per heavy atom. The van der Waals surface area contributed by atoms with E-state index in [0.717, 1.165) is 18.9 Å². The highest BCUT2D eigenvalue weighted by molar-refractivity contribution is 6.31. The molecule has 1 saturated carbocycles. The lowest BCUT2D eigenvalue weighted by Gasteiger charge is -2.27. The lowest BCUT2D eigenvalue weighted by Crippen LogP contribution is -2.37. The molecule has 0 unspecified atom stereocenters. The molecule has 1 aliphatic heterocycles. The van der Waals surface area contributed by atoms with E-state index >= 15 is 0 Å². The molecule has 2 fully saturated rings. The Hall–Kier alpha value is -2.90. The molecular weight excluding hydrogens is 457 g/mol. The van der Waals surface area contributed by atoms with Crippen LogP contribution >= 0.6 is 11.6 Å². The summed E-state index contributed by atoms with van der Waals surface area (Å²) < 4.78 is 40.0. The van der Waals surface area contributed by atoms with E-state index in [1.54, 1.807) is 0 Å². The zero-order valence-corrected chi connectivity index (χ0v) is 18.4. The summed E-state index contributed by atoms with van der Waals surface area (Å²) in [5.74, 6) is 0.281. The third kappa shape index (κ3) is 4.61. The molecule has 33 heavy (non-hydrogen) atoms. The molecule has 0 bridgehead atoms.